The third-order valence-electron chi connectivity index (χ3n) is 4.61. The second kappa shape index (κ2) is 8.19. The first-order chi connectivity index (χ1) is 14.5. The minimum Gasteiger partial charge on any atom is -0.486 e. The molecular formula is C20H20N6O4. The standard InChI is InChI=1S/C20H20N6O4/c1-25(11-13-2-7-16-17(10-13)30-9-8-29-16)18(27)12-26-23-20(22-24-26)15-5-3-14(4-6-15)19(21)28/h2-7,10H,8-9,11-12H2,1H3,(H2,21,28). The minimum atomic E-state index is -0.509. The summed E-state index contributed by atoms with van der Waals surface area (Å²) in [6.07, 6.45) is 0. The Morgan fingerprint density at radius 3 is 2.57 bits per heavy atom. The number of rotatable bonds is 6. The molecule has 0 unspecified atom stereocenters. The quantitative estimate of drug-likeness (QED) is 0.641. The number of tetrazole rings is 1. The predicted octanol–water partition coefficient (Wildman–Crippen LogP) is 0.869. The van der Waals surface area contributed by atoms with Crippen LogP contribution in [0, 0.1) is 0 Å². The van der Waals surface area contributed by atoms with E-state index in [1.807, 2.05) is 18.2 Å². The molecule has 0 saturated carbocycles. The summed E-state index contributed by atoms with van der Waals surface area (Å²) >= 11 is 0. The fraction of sp³-hybridized carbons (Fsp3) is 0.250. The van der Waals surface area contributed by atoms with Crippen LogP contribution in [0.3, 0.4) is 0 Å². The van der Waals surface area contributed by atoms with Crippen molar-refractivity contribution >= 4 is 11.8 Å². The second-order valence-corrected chi connectivity index (χ2v) is 6.81. The molecule has 2 heterocycles. The third kappa shape index (κ3) is 4.22. The van der Waals surface area contributed by atoms with Gasteiger partial charge in [-0.1, -0.05) is 18.2 Å². The van der Waals surface area contributed by atoms with Crippen LogP contribution in [0.15, 0.2) is 42.5 Å². The number of nitrogens with two attached hydrogens (primary N) is 1. The molecule has 0 fully saturated rings. The highest BCUT2D eigenvalue weighted by atomic mass is 16.6. The zero-order valence-electron chi connectivity index (χ0n) is 16.3. The van der Waals surface area contributed by atoms with Crippen LogP contribution in [0.25, 0.3) is 11.4 Å². The van der Waals surface area contributed by atoms with Crippen LogP contribution < -0.4 is 15.2 Å². The Kier molecular flexibility index (Phi) is 5.29. The van der Waals surface area contributed by atoms with Gasteiger partial charge in [-0.15, -0.1) is 10.2 Å². The molecular weight excluding hydrogens is 388 g/mol. The molecule has 10 nitrogen and oxygen atoms in total. The number of ether oxygens (including phenoxy) is 2. The van der Waals surface area contributed by atoms with Crippen molar-refractivity contribution in [3.05, 3.63) is 53.6 Å². The normalized spacial score (nSPS) is 12.4. The van der Waals surface area contributed by atoms with Crippen molar-refractivity contribution in [3.8, 4) is 22.9 Å². The van der Waals surface area contributed by atoms with E-state index in [9.17, 15) is 9.59 Å². The molecule has 1 aliphatic rings. The van der Waals surface area contributed by atoms with Crippen molar-refractivity contribution < 1.29 is 19.1 Å². The van der Waals surface area contributed by atoms with E-state index >= 15 is 0 Å². The van der Waals surface area contributed by atoms with Gasteiger partial charge < -0.3 is 20.1 Å². The fourth-order valence-electron chi connectivity index (χ4n) is 3.00. The van der Waals surface area contributed by atoms with E-state index in [2.05, 4.69) is 15.4 Å². The van der Waals surface area contributed by atoms with Crippen molar-refractivity contribution in [2.75, 3.05) is 20.3 Å². The Balaban J connectivity index is 1.38. The minimum absolute atomic E-state index is 0.0482. The summed E-state index contributed by atoms with van der Waals surface area (Å²) < 4.78 is 11.1. The predicted molar refractivity (Wildman–Crippen MR) is 106 cm³/mol. The van der Waals surface area contributed by atoms with Gasteiger partial charge in [0.25, 0.3) is 0 Å². The number of likely N-dealkylation sites (N-methyl/N-ethyl adjacent to an activating group) is 1. The summed E-state index contributed by atoms with van der Waals surface area (Å²) in [6, 6.07) is 12.2. The second-order valence-electron chi connectivity index (χ2n) is 6.81. The van der Waals surface area contributed by atoms with Gasteiger partial charge >= 0.3 is 0 Å². The number of primary amides is 1. The Morgan fingerprint density at radius 2 is 1.83 bits per heavy atom. The number of hydrogen-bond donors (Lipinski definition) is 1. The Bertz CT molecular complexity index is 1080. The lowest BCUT2D eigenvalue weighted by atomic mass is 10.1. The summed E-state index contributed by atoms with van der Waals surface area (Å²) in [7, 11) is 1.71. The van der Waals surface area contributed by atoms with E-state index in [1.54, 1.807) is 36.2 Å². The number of nitrogens with zero attached hydrogens (tertiary/aromatic N) is 5. The van der Waals surface area contributed by atoms with Gasteiger partial charge in [0, 0.05) is 24.7 Å². The van der Waals surface area contributed by atoms with Crippen molar-refractivity contribution in [1.82, 2.24) is 25.1 Å². The number of carbonyl (C=O) groups is 2. The van der Waals surface area contributed by atoms with Gasteiger partial charge in [0.1, 0.15) is 19.8 Å². The zero-order valence-corrected chi connectivity index (χ0v) is 16.3. The van der Waals surface area contributed by atoms with Gasteiger partial charge in [-0.2, -0.15) is 4.80 Å². The number of hydrogen-bond acceptors (Lipinski definition) is 7. The fourth-order valence-corrected chi connectivity index (χ4v) is 3.00. The molecule has 0 bridgehead atoms. The highest BCUT2D eigenvalue weighted by Crippen LogP contribution is 2.31. The lowest BCUT2D eigenvalue weighted by molar-refractivity contribution is -0.131. The van der Waals surface area contributed by atoms with Gasteiger partial charge in [-0.25, -0.2) is 0 Å². The zero-order chi connectivity index (χ0) is 21.1. The summed E-state index contributed by atoms with van der Waals surface area (Å²) in [5.74, 6) is 1.07. The molecule has 0 radical (unpaired) electrons. The Labute approximate surface area is 172 Å². The van der Waals surface area contributed by atoms with E-state index in [4.69, 9.17) is 15.2 Å². The number of fused-ring (bicyclic) bond motifs is 1. The maximum absolute atomic E-state index is 12.6. The molecule has 2 N–H and O–H groups in total. The largest absolute Gasteiger partial charge is 0.486 e. The van der Waals surface area contributed by atoms with Crippen LogP contribution >= 0.6 is 0 Å². The Hall–Kier alpha value is -3.95. The van der Waals surface area contributed by atoms with Crippen molar-refractivity contribution in [2.24, 2.45) is 5.73 Å². The lowest BCUT2D eigenvalue weighted by Crippen LogP contribution is -2.30. The molecule has 2 amide bonds. The van der Waals surface area contributed by atoms with Gasteiger partial charge in [-0.3, -0.25) is 9.59 Å². The van der Waals surface area contributed by atoms with E-state index < -0.39 is 5.91 Å². The van der Waals surface area contributed by atoms with Crippen LogP contribution in [0.2, 0.25) is 0 Å². The van der Waals surface area contributed by atoms with Crippen molar-refractivity contribution in [2.45, 2.75) is 13.1 Å². The third-order valence-corrected chi connectivity index (χ3v) is 4.61. The molecule has 154 valence electrons. The molecule has 30 heavy (non-hydrogen) atoms. The van der Waals surface area contributed by atoms with Crippen LogP contribution in [0.5, 0.6) is 11.5 Å². The highest BCUT2D eigenvalue weighted by Gasteiger charge is 2.16. The first-order valence-corrected chi connectivity index (χ1v) is 9.30. The number of benzene rings is 2. The van der Waals surface area contributed by atoms with E-state index in [-0.39, 0.29) is 12.5 Å². The lowest BCUT2D eigenvalue weighted by Gasteiger charge is -2.21. The molecule has 4 rings (SSSR count). The molecule has 1 aromatic heterocycles. The topological polar surface area (TPSA) is 125 Å². The maximum atomic E-state index is 12.6. The van der Waals surface area contributed by atoms with E-state index in [0.717, 1.165) is 5.56 Å². The van der Waals surface area contributed by atoms with Gasteiger partial charge in [0.15, 0.2) is 11.5 Å². The van der Waals surface area contributed by atoms with Gasteiger partial charge in [0.2, 0.25) is 17.6 Å². The molecule has 2 aromatic carbocycles. The first-order valence-electron chi connectivity index (χ1n) is 9.30. The van der Waals surface area contributed by atoms with Crippen molar-refractivity contribution in [1.29, 1.82) is 0 Å². The van der Waals surface area contributed by atoms with E-state index in [0.29, 0.717) is 48.2 Å². The summed E-state index contributed by atoms with van der Waals surface area (Å²) in [5.41, 5.74) is 7.22. The molecule has 0 atom stereocenters. The molecule has 0 saturated heterocycles. The summed E-state index contributed by atoms with van der Waals surface area (Å²) in [6.45, 7) is 1.41. The van der Waals surface area contributed by atoms with Crippen LogP contribution in [0.4, 0.5) is 0 Å². The molecule has 3 aromatic rings. The molecule has 10 heteroatoms. The highest BCUT2D eigenvalue weighted by molar-refractivity contribution is 5.93. The average molecular weight is 408 g/mol. The average Bonchev–Trinajstić information content (AvgIpc) is 3.22. The number of aromatic nitrogens is 4. The van der Waals surface area contributed by atoms with E-state index in [1.165, 1.54) is 4.80 Å². The summed E-state index contributed by atoms with van der Waals surface area (Å²) in [5, 5.41) is 12.1. The number of amides is 2. The molecule has 1 aliphatic heterocycles. The SMILES string of the molecule is CN(Cc1ccc2c(c1)OCCO2)C(=O)Cn1nnc(-c2ccc(C(N)=O)cc2)n1. The monoisotopic (exact) mass is 408 g/mol. The molecule has 0 spiro atoms. The Morgan fingerprint density at radius 1 is 1.10 bits per heavy atom. The van der Waals surface area contributed by atoms with Crippen LogP contribution in [0.1, 0.15) is 15.9 Å². The van der Waals surface area contributed by atoms with Crippen LogP contribution in [-0.2, 0) is 17.9 Å². The van der Waals surface area contributed by atoms with Crippen LogP contribution in [-0.4, -0.2) is 57.2 Å². The number of carbonyl (C=O) groups excluding carboxylic acids is 2. The first kappa shape index (κ1) is 19.4. The summed E-state index contributed by atoms with van der Waals surface area (Å²) in [4.78, 5) is 26.5. The van der Waals surface area contributed by atoms with Gasteiger partial charge in [-0.05, 0) is 35.0 Å². The van der Waals surface area contributed by atoms with Crippen molar-refractivity contribution in [3.63, 3.8) is 0 Å². The smallest absolute Gasteiger partial charge is 0.248 e. The molecule has 0 aliphatic carbocycles. The maximum Gasteiger partial charge on any atom is 0.248 e. The van der Waals surface area contributed by atoms with Gasteiger partial charge in [0.05, 0.1) is 0 Å².